The summed E-state index contributed by atoms with van der Waals surface area (Å²) in [6.45, 7) is 0.144. The highest BCUT2D eigenvalue weighted by molar-refractivity contribution is 5.95. The molecule has 4 rings (SSSR count). The molecule has 0 aliphatic carbocycles. The molecule has 0 saturated heterocycles. The first kappa shape index (κ1) is 18.3. The molecule has 8 nitrogen and oxygen atoms in total. The number of carbonyl (C=O) groups is 2. The summed E-state index contributed by atoms with van der Waals surface area (Å²) in [5.41, 5.74) is 4.08. The van der Waals surface area contributed by atoms with Crippen LogP contribution in [0.2, 0.25) is 0 Å². The minimum absolute atomic E-state index is 0.144. The monoisotopic (exact) mass is 392 g/mol. The Morgan fingerprint density at radius 3 is 2.55 bits per heavy atom. The number of carbonyl (C=O) groups excluding carboxylic acids is 2. The van der Waals surface area contributed by atoms with E-state index in [4.69, 9.17) is 13.9 Å². The van der Waals surface area contributed by atoms with Crippen molar-refractivity contribution in [2.75, 3.05) is 13.9 Å². The van der Waals surface area contributed by atoms with Crippen molar-refractivity contribution in [3.63, 3.8) is 0 Å². The Morgan fingerprint density at radius 1 is 1.00 bits per heavy atom. The van der Waals surface area contributed by atoms with Crippen LogP contribution in [0.15, 0.2) is 64.1 Å². The SMILES string of the molecule is COC(=O)c1ccc(-c2ccc(/C=N/NC(=O)c3ccc4c(c3)OCO4)o2)cc1. The molecule has 0 spiro atoms. The number of furan rings is 1. The molecule has 0 fully saturated rings. The number of hydrogen-bond donors (Lipinski definition) is 1. The van der Waals surface area contributed by atoms with E-state index in [0.29, 0.717) is 34.1 Å². The van der Waals surface area contributed by atoms with Gasteiger partial charge in [0.2, 0.25) is 6.79 Å². The first-order valence-corrected chi connectivity index (χ1v) is 8.66. The van der Waals surface area contributed by atoms with Crippen LogP contribution in [0.4, 0.5) is 0 Å². The van der Waals surface area contributed by atoms with Gasteiger partial charge in [-0.2, -0.15) is 5.10 Å². The molecule has 3 aromatic rings. The van der Waals surface area contributed by atoms with Crippen molar-refractivity contribution >= 4 is 18.1 Å². The van der Waals surface area contributed by atoms with Crippen LogP contribution in [0.3, 0.4) is 0 Å². The van der Waals surface area contributed by atoms with E-state index in [1.54, 1.807) is 54.6 Å². The zero-order valence-electron chi connectivity index (χ0n) is 15.4. The molecule has 1 N–H and O–H groups in total. The second-order valence-electron chi connectivity index (χ2n) is 6.04. The molecule has 2 heterocycles. The number of fused-ring (bicyclic) bond motifs is 1. The Balaban J connectivity index is 1.39. The van der Waals surface area contributed by atoms with Gasteiger partial charge in [0.1, 0.15) is 11.5 Å². The third kappa shape index (κ3) is 3.96. The van der Waals surface area contributed by atoms with Gasteiger partial charge in [-0.3, -0.25) is 4.79 Å². The molecule has 0 saturated carbocycles. The molecular formula is C21H16N2O6. The average Bonchev–Trinajstić information content (AvgIpc) is 3.42. The quantitative estimate of drug-likeness (QED) is 0.407. The lowest BCUT2D eigenvalue weighted by Crippen LogP contribution is -2.17. The second kappa shape index (κ2) is 7.89. The van der Waals surface area contributed by atoms with Crippen molar-refractivity contribution in [3.05, 3.63) is 71.5 Å². The van der Waals surface area contributed by atoms with Gasteiger partial charge in [-0.1, -0.05) is 12.1 Å². The molecule has 1 aliphatic rings. The van der Waals surface area contributed by atoms with Crippen molar-refractivity contribution in [3.8, 4) is 22.8 Å². The predicted molar refractivity (Wildman–Crippen MR) is 103 cm³/mol. The average molecular weight is 392 g/mol. The number of hydrazone groups is 1. The van der Waals surface area contributed by atoms with E-state index < -0.39 is 5.97 Å². The van der Waals surface area contributed by atoms with Crippen LogP contribution < -0.4 is 14.9 Å². The molecule has 0 bridgehead atoms. The Kier molecular flexibility index (Phi) is 4.98. The van der Waals surface area contributed by atoms with Gasteiger partial charge in [-0.15, -0.1) is 0 Å². The molecule has 2 aromatic carbocycles. The summed E-state index contributed by atoms with van der Waals surface area (Å²) < 4.78 is 20.8. The first-order valence-electron chi connectivity index (χ1n) is 8.66. The molecule has 0 atom stereocenters. The Hall–Kier alpha value is -4.07. The van der Waals surface area contributed by atoms with Gasteiger partial charge in [-0.25, -0.2) is 10.2 Å². The largest absolute Gasteiger partial charge is 0.465 e. The molecule has 146 valence electrons. The van der Waals surface area contributed by atoms with Gasteiger partial charge in [0.05, 0.1) is 18.9 Å². The van der Waals surface area contributed by atoms with Gasteiger partial charge < -0.3 is 18.6 Å². The highest BCUT2D eigenvalue weighted by Gasteiger charge is 2.16. The summed E-state index contributed by atoms with van der Waals surface area (Å²) in [5.74, 6) is 1.41. The number of ether oxygens (including phenoxy) is 3. The third-order valence-corrected chi connectivity index (χ3v) is 4.21. The minimum atomic E-state index is -0.401. The number of esters is 1. The Morgan fingerprint density at radius 2 is 1.76 bits per heavy atom. The fourth-order valence-electron chi connectivity index (χ4n) is 2.72. The van der Waals surface area contributed by atoms with Crippen LogP contribution >= 0.6 is 0 Å². The second-order valence-corrected chi connectivity index (χ2v) is 6.04. The summed E-state index contributed by atoms with van der Waals surface area (Å²) >= 11 is 0. The van der Waals surface area contributed by atoms with E-state index in [1.807, 2.05) is 0 Å². The van der Waals surface area contributed by atoms with Crippen molar-refractivity contribution in [2.24, 2.45) is 5.10 Å². The van der Waals surface area contributed by atoms with Crippen LogP contribution in [0.25, 0.3) is 11.3 Å². The molecule has 1 aliphatic heterocycles. The summed E-state index contributed by atoms with van der Waals surface area (Å²) in [6, 6.07) is 15.2. The maximum absolute atomic E-state index is 12.2. The third-order valence-electron chi connectivity index (χ3n) is 4.21. The van der Waals surface area contributed by atoms with Crippen molar-refractivity contribution < 1.29 is 28.2 Å². The first-order chi connectivity index (χ1) is 14.1. The van der Waals surface area contributed by atoms with Crippen LogP contribution in [-0.2, 0) is 4.74 Å². The number of methoxy groups -OCH3 is 1. The van der Waals surface area contributed by atoms with Gasteiger partial charge in [0.25, 0.3) is 5.91 Å². The minimum Gasteiger partial charge on any atom is -0.465 e. The fraction of sp³-hybridized carbons (Fsp3) is 0.0952. The van der Waals surface area contributed by atoms with Gasteiger partial charge in [0.15, 0.2) is 11.5 Å². The maximum Gasteiger partial charge on any atom is 0.337 e. The lowest BCUT2D eigenvalue weighted by atomic mass is 10.1. The van der Waals surface area contributed by atoms with Crippen LogP contribution in [-0.4, -0.2) is 32.0 Å². The number of nitrogens with one attached hydrogen (secondary N) is 1. The van der Waals surface area contributed by atoms with E-state index in [-0.39, 0.29) is 12.7 Å². The molecule has 8 heteroatoms. The smallest absolute Gasteiger partial charge is 0.337 e. The molecule has 29 heavy (non-hydrogen) atoms. The van der Waals surface area contributed by atoms with E-state index in [2.05, 4.69) is 15.3 Å². The highest BCUT2D eigenvalue weighted by atomic mass is 16.7. The lowest BCUT2D eigenvalue weighted by Gasteiger charge is -2.01. The summed E-state index contributed by atoms with van der Waals surface area (Å²) in [7, 11) is 1.33. The number of nitrogens with zero attached hydrogens (tertiary/aromatic N) is 1. The number of rotatable bonds is 5. The fourth-order valence-corrected chi connectivity index (χ4v) is 2.72. The number of amides is 1. The van der Waals surface area contributed by atoms with Crippen LogP contribution in [0.1, 0.15) is 26.5 Å². The zero-order chi connectivity index (χ0) is 20.2. The standard InChI is InChI=1S/C21H16N2O6/c1-26-21(25)14-4-2-13(3-5-14)17-9-7-16(29-17)11-22-23-20(24)15-6-8-18-19(10-15)28-12-27-18/h2-11H,12H2,1H3,(H,23,24)/b22-11+. The van der Waals surface area contributed by atoms with Crippen LogP contribution in [0, 0.1) is 0 Å². The van der Waals surface area contributed by atoms with E-state index in [1.165, 1.54) is 13.3 Å². The zero-order valence-corrected chi connectivity index (χ0v) is 15.4. The van der Waals surface area contributed by atoms with E-state index >= 15 is 0 Å². The molecule has 0 unspecified atom stereocenters. The Labute approximate surface area is 165 Å². The maximum atomic E-state index is 12.2. The number of hydrogen-bond acceptors (Lipinski definition) is 7. The topological polar surface area (TPSA) is 99.4 Å². The normalized spacial score (nSPS) is 12.2. The van der Waals surface area contributed by atoms with Crippen LogP contribution in [0.5, 0.6) is 11.5 Å². The molecular weight excluding hydrogens is 376 g/mol. The molecule has 0 radical (unpaired) electrons. The van der Waals surface area contributed by atoms with Crippen molar-refractivity contribution in [1.82, 2.24) is 5.43 Å². The number of benzene rings is 2. The van der Waals surface area contributed by atoms with Crippen molar-refractivity contribution in [2.45, 2.75) is 0 Å². The highest BCUT2D eigenvalue weighted by Crippen LogP contribution is 2.32. The van der Waals surface area contributed by atoms with Gasteiger partial charge >= 0.3 is 5.97 Å². The van der Waals surface area contributed by atoms with E-state index in [0.717, 1.165) is 5.56 Å². The Bertz CT molecular complexity index is 1080. The van der Waals surface area contributed by atoms with Crippen molar-refractivity contribution in [1.29, 1.82) is 0 Å². The molecule has 1 aromatic heterocycles. The lowest BCUT2D eigenvalue weighted by molar-refractivity contribution is 0.0600. The summed E-state index contributed by atoms with van der Waals surface area (Å²) in [4.78, 5) is 23.7. The van der Waals surface area contributed by atoms with Gasteiger partial charge in [0, 0.05) is 11.1 Å². The predicted octanol–water partition coefficient (Wildman–Crippen LogP) is 3.23. The summed E-state index contributed by atoms with van der Waals surface area (Å²) in [6.07, 6.45) is 1.40. The van der Waals surface area contributed by atoms with Gasteiger partial charge in [-0.05, 0) is 42.5 Å². The summed E-state index contributed by atoms with van der Waals surface area (Å²) in [5, 5.41) is 3.92. The van der Waals surface area contributed by atoms with E-state index in [9.17, 15) is 9.59 Å². The molecule has 1 amide bonds.